The lowest BCUT2D eigenvalue weighted by Crippen LogP contribution is -2.52. The fraction of sp³-hybridized carbons (Fsp3) is 0.909. The number of azo groups is 1. The number of amides is 2. The molecule has 0 bridgehead atoms. The van der Waals surface area contributed by atoms with Crippen LogP contribution in [0.2, 0.25) is 0 Å². The summed E-state index contributed by atoms with van der Waals surface area (Å²) in [6.07, 6.45) is 1.24. The summed E-state index contributed by atoms with van der Waals surface area (Å²) in [5, 5.41) is 20.5. The van der Waals surface area contributed by atoms with E-state index >= 15 is 0 Å². The van der Waals surface area contributed by atoms with Crippen molar-refractivity contribution < 1.29 is 9.59 Å². The van der Waals surface area contributed by atoms with Gasteiger partial charge >= 0.3 is 0 Å². The molecule has 2 unspecified atom stereocenters. The first-order valence-corrected chi connectivity index (χ1v) is 13.2. The first kappa shape index (κ1) is 31.2. The molecule has 0 heterocycles. The summed E-state index contributed by atoms with van der Waals surface area (Å²) >= 11 is 1.39. The fourth-order valence-corrected chi connectivity index (χ4v) is 4.76. The van der Waals surface area contributed by atoms with Gasteiger partial charge in [0.25, 0.3) is 10.5 Å². The molecule has 8 nitrogen and oxygen atoms in total. The molecule has 0 spiro atoms. The molecule has 2 atom stereocenters. The first-order valence-electron chi connectivity index (χ1n) is 11.4. The largest absolute Gasteiger partial charge is 0.306 e. The van der Waals surface area contributed by atoms with Gasteiger partial charge < -0.3 is 9.80 Å². The van der Waals surface area contributed by atoms with Gasteiger partial charge in [-0.15, -0.1) is 0 Å². The molecule has 0 saturated heterocycles. The van der Waals surface area contributed by atoms with Crippen LogP contribution in [0.4, 0.5) is 9.59 Å². The van der Waals surface area contributed by atoms with E-state index in [4.69, 9.17) is 20.5 Å². The van der Waals surface area contributed by atoms with E-state index < -0.39 is 11.3 Å². The van der Waals surface area contributed by atoms with Crippen molar-refractivity contribution in [3.05, 3.63) is 0 Å². The molecule has 2 amide bonds. The first-order chi connectivity index (χ1) is 14.6. The number of hydrogen-bond acceptors (Lipinski definition) is 8. The van der Waals surface area contributed by atoms with E-state index in [0.29, 0.717) is 49.8 Å². The van der Waals surface area contributed by atoms with Gasteiger partial charge in [0.2, 0.25) is 0 Å². The SMILES string of the molecule is CC(C)CN(C(=O)SN)C(C)(CC(C)C)/N=N/C(C)(CC(C)C)N(CC(C)C)C(=O)SN. The second-order valence-corrected chi connectivity index (χ2v) is 11.8. The summed E-state index contributed by atoms with van der Waals surface area (Å²) in [7, 11) is 0. The number of rotatable bonds is 12. The molecule has 32 heavy (non-hydrogen) atoms. The van der Waals surface area contributed by atoms with E-state index in [1.165, 1.54) is 0 Å². The zero-order chi connectivity index (χ0) is 25.3. The highest BCUT2D eigenvalue weighted by Gasteiger charge is 2.41. The lowest BCUT2D eigenvalue weighted by molar-refractivity contribution is 0.0831. The molecule has 4 N–H and O–H groups in total. The normalized spacial score (nSPS) is 16.1. The highest BCUT2D eigenvalue weighted by atomic mass is 32.2. The van der Waals surface area contributed by atoms with Crippen molar-refractivity contribution >= 4 is 34.4 Å². The van der Waals surface area contributed by atoms with Gasteiger partial charge in [0.15, 0.2) is 11.3 Å². The van der Waals surface area contributed by atoms with Crippen molar-refractivity contribution in [3.63, 3.8) is 0 Å². The second kappa shape index (κ2) is 13.8. The molecule has 0 aromatic heterocycles. The quantitative estimate of drug-likeness (QED) is 0.244. The molecule has 0 saturated carbocycles. The number of carbonyl (C=O) groups excluding carboxylic acids is 2. The van der Waals surface area contributed by atoms with Gasteiger partial charge in [-0.2, -0.15) is 10.2 Å². The van der Waals surface area contributed by atoms with Crippen LogP contribution in [-0.4, -0.2) is 44.7 Å². The van der Waals surface area contributed by atoms with Crippen LogP contribution in [0.1, 0.15) is 82.1 Å². The van der Waals surface area contributed by atoms with Crippen molar-refractivity contribution in [3.8, 4) is 0 Å². The minimum atomic E-state index is -0.886. The summed E-state index contributed by atoms with van der Waals surface area (Å²) < 4.78 is 0. The van der Waals surface area contributed by atoms with Gasteiger partial charge in [-0.3, -0.25) is 19.9 Å². The van der Waals surface area contributed by atoms with Crippen molar-refractivity contribution in [2.45, 2.75) is 93.4 Å². The topological polar surface area (TPSA) is 117 Å². The lowest BCUT2D eigenvalue weighted by Gasteiger charge is -2.42. The van der Waals surface area contributed by atoms with Gasteiger partial charge in [0.1, 0.15) is 0 Å². The Bertz CT molecular complexity index is 578. The number of nitrogens with two attached hydrogens (primary N) is 2. The van der Waals surface area contributed by atoms with Crippen LogP contribution in [-0.2, 0) is 0 Å². The van der Waals surface area contributed by atoms with Gasteiger partial charge in [0.05, 0.1) is 0 Å². The highest BCUT2D eigenvalue weighted by Crippen LogP contribution is 2.34. The molecule has 0 aliphatic rings. The third-order valence-electron chi connectivity index (χ3n) is 4.97. The van der Waals surface area contributed by atoms with Gasteiger partial charge in [0, 0.05) is 37.0 Å². The van der Waals surface area contributed by atoms with Crippen molar-refractivity contribution in [2.24, 2.45) is 44.2 Å². The zero-order valence-corrected chi connectivity index (χ0v) is 23.3. The third-order valence-corrected chi connectivity index (χ3v) is 5.82. The predicted molar refractivity (Wildman–Crippen MR) is 138 cm³/mol. The average Bonchev–Trinajstić information content (AvgIpc) is 2.66. The molecule has 10 heteroatoms. The molecular formula is C22H46N6O2S2. The van der Waals surface area contributed by atoms with Crippen LogP contribution < -0.4 is 10.3 Å². The van der Waals surface area contributed by atoms with Gasteiger partial charge in [-0.25, -0.2) is 0 Å². The van der Waals surface area contributed by atoms with Crippen LogP contribution in [0, 0.1) is 23.7 Å². The van der Waals surface area contributed by atoms with Crippen LogP contribution >= 0.6 is 23.9 Å². The Kier molecular flexibility index (Phi) is 13.4. The Labute approximate surface area is 204 Å². The van der Waals surface area contributed by atoms with E-state index in [1.807, 2.05) is 13.8 Å². The summed E-state index contributed by atoms with van der Waals surface area (Å²) in [5.41, 5.74) is -1.77. The molecule has 0 aliphatic carbocycles. The number of hydrogen-bond donors (Lipinski definition) is 2. The molecule has 0 rings (SSSR count). The van der Waals surface area contributed by atoms with Gasteiger partial charge in [-0.1, -0.05) is 55.4 Å². The molecule has 0 fully saturated rings. The second-order valence-electron chi connectivity index (χ2n) is 10.6. The smallest absolute Gasteiger partial charge is 0.298 e. The average molecular weight is 491 g/mol. The zero-order valence-electron chi connectivity index (χ0n) is 21.7. The monoisotopic (exact) mass is 490 g/mol. The highest BCUT2D eigenvalue weighted by molar-refractivity contribution is 8.11. The lowest BCUT2D eigenvalue weighted by atomic mass is 9.96. The van der Waals surface area contributed by atoms with Crippen LogP contribution in [0.5, 0.6) is 0 Å². The van der Waals surface area contributed by atoms with E-state index in [0.717, 1.165) is 0 Å². The maximum absolute atomic E-state index is 12.8. The summed E-state index contributed by atoms with van der Waals surface area (Å²) in [4.78, 5) is 29.0. The van der Waals surface area contributed by atoms with Crippen molar-refractivity contribution in [1.82, 2.24) is 9.80 Å². The van der Waals surface area contributed by atoms with E-state index in [2.05, 4.69) is 55.4 Å². The number of carbonyl (C=O) groups is 2. The van der Waals surface area contributed by atoms with Crippen LogP contribution in [0.25, 0.3) is 0 Å². The standard InChI is InChI=1S/C22H46N6O2S2/c1-15(2)11-21(9,27(13-17(5)6)19(29)31-23)25-26-22(10,12-16(3)4)28(14-18(7)8)20(30)32-24/h15-18H,11-14,23-24H2,1-10H3/b26-25+. The Morgan fingerprint density at radius 1 is 0.688 bits per heavy atom. The maximum Gasteiger partial charge on any atom is 0.298 e. The van der Waals surface area contributed by atoms with Gasteiger partial charge in [-0.05, 0) is 50.4 Å². The molecule has 0 aliphatic heterocycles. The van der Waals surface area contributed by atoms with Crippen molar-refractivity contribution in [2.75, 3.05) is 13.1 Å². The van der Waals surface area contributed by atoms with E-state index in [1.54, 1.807) is 9.80 Å². The number of nitrogens with zero attached hydrogens (tertiary/aromatic N) is 4. The molecule has 0 aromatic carbocycles. The molecule has 0 radical (unpaired) electrons. The summed E-state index contributed by atoms with van der Waals surface area (Å²) in [5.74, 6) is 1.02. The Balaban J connectivity index is 6.55. The van der Waals surface area contributed by atoms with Crippen LogP contribution in [0.3, 0.4) is 0 Å². The van der Waals surface area contributed by atoms with E-state index in [9.17, 15) is 9.59 Å². The summed E-state index contributed by atoms with van der Waals surface area (Å²) in [6.45, 7) is 21.5. The fourth-order valence-electron chi connectivity index (χ4n) is 3.97. The molecule has 188 valence electrons. The Morgan fingerprint density at radius 2 is 0.969 bits per heavy atom. The Hall–Kier alpha value is -0.840. The van der Waals surface area contributed by atoms with E-state index in [-0.39, 0.29) is 34.2 Å². The van der Waals surface area contributed by atoms with Crippen LogP contribution in [0.15, 0.2) is 10.2 Å². The maximum atomic E-state index is 12.8. The molecular weight excluding hydrogens is 444 g/mol. The minimum absolute atomic E-state index is 0.237. The Morgan fingerprint density at radius 3 is 1.16 bits per heavy atom. The molecule has 0 aromatic rings. The predicted octanol–water partition coefficient (Wildman–Crippen LogP) is 6.33. The summed E-state index contributed by atoms with van der Waals surface area (Å²) in [6, 6.07) is 0. The van der Waals surface area contributed by atoms with Crippen molar-refractivity contribution in [1.29, 1.82) is 0 Å². The minimum Gasteiger partial charge on any atom is -0.306 e. The third kappa shape index (κ3) is 9.97.